The number of hydrogen-bond donors (Lipinski definition) is 3. The first kappa shape index (κ1) is 18.4. The molecule has 1 amide bonds. The maximum Gasteiger partial charge on any atom is 0.251 e. The zero-order chi connectivity index (χ0) is 17.9. The lowest BCUT2D eigenvalue weighted by molar-refractivity contribution is 0.0915. The smallest absolute Gasteiger partial charge is 0.251 e. The van der Waals surface area contributed by atoms with E-state index in [-0.39, 0.29) is 22.9 Å². The summed E-state index contributed by atoms with van der Waals surface area (Å²) < 4.78 is 27.9. The summed E-state index contributed by atoms with van der Waals surface area (Å²) in [5.41, 5.74) is 0.382. The van der Waals surface area contributed by atoms with E-state index < -0.39 is 10.0 Å². The van der Waals surface area contributed by atoms with E-state index in [0.29, 0.717) is 11.5 Å². The van der Waals surface area contributed by atoms with Crippen LogP contribution in [0.5, 0.6) is 0 Å². The average Bonchev–Trinajstić information content (AvgIpc) is 3.09. The molecule has 2 aliphatic rings. The highest BCUT2D eigenvalue weighted by Crippen LogP contribution is 2.21. The molecule has 1 aliphatic carbocycles. The number of rotatable bonds is 5. The molecular formula is C18H27N3O3S. The van der Waals surface area contributed by atoms with Gasteiger partial charge in [0.1, 0.15) is 0 Å². The first-order chi connectivity index (χ1) is 12.0. The second-order valence-corrected chi connectivity index (χ2v) is 8.89. The maximum absolute atomic E-state index is 12.6. The second-order valence-electron chi connectivity index (χ2n) is 7.18. The number of carbonyl (C=O) groups is 1. The van der Waals surface area contributed by atoms with Crippen LogP contribution in [0.1, 0.15) is 49.4 Å². The average molecular weight is 365 g/mol. The van der Waals surface area contributed by atoms with Crippen molar-refractivity contribution in [1.82, 2.24) is 15.4 Å². The maximum atomic E-state index is 12.6. The molecule has 3 N–H and O–H groups in total. The van der Waals surface area contributed by atoms with Gasteiger partial charge in [0.2, 0.25) is 10.0 Å². The van der Waals surface area contributed by atoms with Crippen molar-refractivity contribution in [3.8, 4) is 0 Å². The Morgan fingerprint density at radius 2 is 1.96 bits per heavy atom. The van der Waals surface area contributed by atoms with Crippen LogP contribution >= 0.6 is 0 Å². The number of carbonyl (C=O) groups excluding carboxylic acids is 1. The Bertz CT molecular complexity index is 714. The molecule has 138 valence electrons. The molecule has 1 saturated carbocycles. The van der Waals surface area contributed by atoms with E-state index in [4.69, 9.17) is 0 Å². The van der Waals surface area contributed by atoms with Crippen molar-refractivity contribution in [2.45, 2.75) is 56.0 Å². The molecule has 0 bridgehead atoms. The number of benzene rings is 1. The van der Waals surface area contributed by atoms with Gasteiger partial charge >= 0.3 is 0 Å². The van der Waals surface area contributed by atoms with E-state index in [2.05, 4.69) is 22.3 Å². The summed E-state index contributed by atoms with van der Waals surface area (Å²) in [6.45, 7) is 3.83. The molecule has 2 unspecified atom stereocenters. The van der Waals surface area contributed by atoms with Crippen molar-refractivity contribution in [3.05, 3.63) is 29.8 Å². The fraction of sp³-hybridized carbons (Fsp3) is 0.611. The normalized spacial score (nSPS) is 25.0. The van der Waals surface area contributed by atoms with Crippen LogP contribution in [-0.4, -0.2) is 39.5 Å². The van der Waals surface area contributed by atoms with E-state index in [9.17, 15) is 13.2 Å². The molecule has 1 heterocycles. The highest BCUT2D eigenvalue weighted by Gasteiger charge is 2.25. The molecule has 6 nitrogen and oxygen atoms in total. The van der Waals surface area contributed by atoms with Crippen molar-refractivity contribution >= 4 is 15.9 Å². The van der Waals surface area contributed by atoms with Crippen LogP contribution in [-0.2, 0) is 10.0 Å². The van der Waals surface area contributed by atoms with Gasteiger partial charge in [0.15, 0.2) is 0 Å². The van der Waals surface area contributed by atoms with E-state index in [1.165, 1.54) is 6.07 Å². The minimum atomic E-state index is -3.59. The van der Waals surface area contributed by atoms with Gasteiger partial charge in [-0.15, -0.1) is 0 Å². The molecular weight excluding hydrogens is 338 g/mol. The predicted molar refractivity (Wildman–Crippen MR) is 96.9 cm³/mol. The third-order valence-corrected chi connectivity index (χ3v) is 6.75. The summed E-state index contributed by atoms with van der Waals surface area (Å²) in [4.78, 5) is 12.7. The first-order valence-corrected chi connectivity index (χ1v) is 10.6. The van der Waals surface area contributed by atoms with Crippen LogP contribution in [0.25, 0.3) is 0 Å². The summed E-state index contributed by atoms with van der Waals surface area (Å²) in [6.07, 6.45) is 4.90. The summed E-state index contributed by atoms with van der Waals surface area (Å²) >= 11 is 0. The quantitative estimate of drug-likeness (QED) is 0.740. The minimum Gasteiger partial charge on any atom is -0.348 e. The van der Waals surface area contributed by atoms with Gasteiger partial charge in [0, 0.05) is 24.2 Å². The Hall–Kier alpha value is -1.44. The summed E-state index contributed by atoms with van der Waals surface area (Å²) in [7, 11) is -3.59. The molecule has 0 radical (unpaired) electrons. The van der Waals surface area contributed by atoms with Gasteiger partial charge in [0.25, 0.3) is 5.91 Å². The SMILES string of the molecule is CC1CCNCC1NC(=O)c1cccc(S(=O)(=O)NC2CCCC2)c1. The van der Waals surface area contributed by atoms with Crippen molar-refractivity contribution in [1.29, 1.82) is 0 Å². The monoisotopic (exact) mass is 365 g/mol. The Balaban J connectivity index is 1.70. The van der Waals surface area contributed by atoms with Crippen LogP contribution in [0.2, 0.25) is 0 Å². The van der Waals surface area contributed by atoms with E-state index in [0.717, 1.165) is 45.2 Å². The van der Waals surface area contributed by atoms with Crippen LogP contribution in [0.15, 0.2) is 29.2 Å². The highest BCUT2D eigenvalue weighted by molar-refractivity contribution is 7.89. The Kier molecular flexibility index (Phi) is 5.76. The van der Waals surface area contributed by atoms with Crippen molar-refractivity contribution in [3.63, 3.8) is 0 Å². The summed E-state index contributed by atoms with van der Waals surface area (Å²) in [5.74, 6) is 0.180. The fourth-order valence-corrected chi connectivity index (χ4v) is 4.92. The molecule has 1 aliphatic heterocycles. The van der Waals surface area contributed by atoms with Gasteiger partial charge in [-0.25, -0.2) is 13.1 Å². The largest absolute Gasteiger partial charge is 0.348 e. The van der Waals surface area contributed by atoms with Crippen LogP contribution in [0.4, 0.5) is 0 Å². The van der Waals surface area contributed by atoms with Crippen molar-refractivity contribution < 1.29 is 13.2 Å². The second kappa shape index (κ2) is 7.85. The van der Waals surface area contributed by atoms with Gasteiger partial charge in [-0.1, -0.05) is 25.8 Å². The third kappa shape index (κ3) is 4.59. The standard InChI is InChI=1S/C18H27N3O3S/c1-13-9-10-19-12-17(13)20-18(22)14-5-4-8-16(11-14)25(23,24)21-15-6-2-3-7-15/h4-5,8,11,13,15,17,19,21H,2-3,6-7,9-10,12H2,1H3,(H,20,22). The third-order valence-electron chi connectivity index (χ3n) is 5.23. The van der Waals surface area contributed by atoms with Crippen LogP contribution in [0.3, 0.4) is 0 Å². The lowest BCUT2D eigenvalue weighted by Gasteiger charge is -2.30. The molecule has 1 aromatic rings. The molecule has 2 fully saturated rings. The molecule has 7 heteroatoms. The fourth-order valence-electron chi connectivity index (χ4n) is 3.57. The molecule has 3 rings (SSSR count). The molecule has 0 spiro atoms. The topological polar surface area (TPSA) is 87.3 Å². The molecule has 2 atom stereocenters. The van der Waals surface area contributed by atoms with Gasteiger partial charge < -0.3 is 10.6 Å². The molecule has 0 aromatic heterocycles. The summed E-state index contributed by atoms with van der Waals surface area (Å²) in [5, 5.41) is 6.30. The van der Waals surface area contributed by atoms with Crippen LogP contribution in [0, 0.1) is 5.92 Å². The van der Waals surface area contributed by atoms with Gasteiger partial charge in [-0.2, -0.15) is 0 Å². The van der Waals surface area contributed by atoms with Gasteiger partial charge in [-0.05, 0) is 49.9 Å². The predicted octanol–water partition coefficient (Wildman–Crippen LogP) is 1.64. The molecule has 1 saturated heterocycles. The zero-order valence-electron chi connectivity index (χ0n) is 14.6. The Morgan fingerprint density at radius 1 is 1.20 bits per heavy atom. The lowest BCUT2D eigenvalue weighted by Crippen LogP contribution is -2.50. The highest BCUT2D eigenvalue weighted by atomic mass is 32.2. The van der Waals surface area contributed by atoms with E-state index >= 15 is 0 Å². The van der Waals surface area contributed by atoms with E-state index in [1.54, 1.807) is 18.2 Å². The van der Waals surface area contributed by atoms with Crippen molar-refractivity contribution in [2.24, 2.45) is 5.92 Å². The Labute approximate surface area is 149 Å². The first-order valence-electron chi connectivity index (χ1n) is 9.10. The number of nitrogens with one attached hydrogen (secondary N) is 3. The van der Waals surface area contributed by atoms with Gasteiger partial charge in [0.05, 0.1) is 4.90 Å². The Morgan fingerprint density at radius 3 is 2.68 bits per heavy atom. The van der Waals surface area contributed by atoms with Crippen molar-refractivity contribution in [2.75, 3.05) is 13.1 Å². The number of hydrogen-bond acceptors (Lipinski definition) is 4. The minimum absolute atomic E-state index is 0.0108. The lowest BCUT2D eigenvalue weighted by atomic mass is 9.94. The summed E-state index contributed by atoms with van der Waals surface area (Å²) in [6, 6.07) is 6.37. The molecule has 25 heavy (non-hydrogen) atoms. The zero-order valence-corrected chi connectivity index (χ0v) is 15.4. The van der Waals surface area contributed by atoms with E-state index in [1.807, 2.05) is 0 Å². The number of amides is 1. The number of sulfonamides is 1. The molecule has 1 aromatic carbocycles. The number of piperidine rings is 1. The van der Waals surface area contributed by atoms with Crippen LogP contribution < -0.4 is 15.4 Å². The van der Waals surface area contributed by atoms with Gasteiger partial charge in [-0.3, -0.25) is 4.79 Å².